The molecule has 0 spiro atoms. The van der Waals surface area contributed by atoms with Crippen LogP contribution in [0.25, 0.3) is 10.9 Å². The Balaban J connectivity index is 1.86. The second kappa shape index (κ2) is 8.65. The molecule has 1 aromatic heterocycles. The zero-order valence-electron chi connectivity index (χ0n) is 16.6. The molecule has 2 aromatic rings. The lowest BCUT2D eigenvalue weighted by molar-refractivity contribution is -0.129. The predicted molar refractivity (Wildman–Crippen MR) is 117 cm³/mol. The Hall–Kier alpha value is -1.58. The van der Waals surface area contributed by atoms with Crippen LogP contribution in [0.5, 0.6) is 0 Å². The molecule has 10 heteroatoms. The highest BCUT2D eigenvalue weighted by Gasteiger charge is 2.34. The van der Waals surface area contributed by atoms with Gasteiger partial charge in [0, 0.05) is 23.7 Å². The minimum Gasteiger partial charge on any atom is -0.338 e. The lowest BCUT2D eigenvalue weighted by Gasteiger charge is -2.27. The molecule has 0 radical (unpaired) electrons. The van der Waals surface area contributed by atoms with Crippen molar-refractivity contribution < 1.29 is 13.2 Å². The van der Waals surface area contributed by atoms with Crippen LogP contribution in [0, 0.1) is 0 Å². The van der Waals surface area contributed by atoms with Crippen molar-refractivity contribution in [3.8, 4) is 0 Å². The van der Waals surface area contributed by atoms with Crippen LogP contribution in [0.2, 0.25) is 5.02 Å². The van der Waals surface area contributed by atoms with E-state index in [0.29, 0.717) is 34.0 Å². The van der Waals surface area contributed by atoms with Gasteiger partial charge in [0.25, 0.3) is 5.56 Å². The molecule has 1 saturated heterocycles. The monoisotopic (exact) mass is 457 g/mol. The minimum atomic E-state index is -3.07. The Bertz CT molecular complexity index is 1100. The maximum Gasteiger partial charge on any atom is 0.262 e. The smallest absolute Gasteiger partial charge is 0.262 e. The average Bonchev–Trinajstić information content (AvgIpc) is 2.99. The topological polar surface area (TPSA) is 89.3 Å². The number of nitrogens with zero attached hydrogens (tertiary/aromatic N) is 3. The van der Waals surface area contributed by atoms with E-state index in [-0.39, 0.29) is 40.8 Å². The predicted octanol–water partition coefficient (Wildman–Crippen LogP) is 2.76. The molecule has 1 unspecified atom stereocenters. The molecule has 1 aliphatic rings. The molecule has 0 saturated carbocycles. The van der Waals surface area contributed by atoms with Gasteiger partial charge in [-0.3, -0.25) is 14.2 Å². The molecule has 0 N–H and O–H groups in total. The quantitative estimate of drug-likeness (QED) is 0.489. The summed E-state index contributed by atoms with van der Waals surface area (Å²) in [4.78, 5) is 31.9. The molecule has 0 aliphatic carbocycles. The van der Waals surface area contributed by atoms with E-state index in [1.165, 1.54) is 11.8 Å². The Morgan fingerprint density at radius 2 is 2.14 bits per heavy atom. The Labute approximate surface area is 179 Å². The minimum absolute atomic E-state index is 0.0146. The summed E-state index contributed by atoms with van der Waals surface area (Å²) in [6.45, 7) is 6.06. The SMILES string of the molecule is CCN(C(=O)CSc1nc2cc(Cl)ccc2c(=O)n1C(C)C)C1CCS(=O)(=O)C1. The van der Waals surface area contributed by atoms with E-state index in [2.05, 4.69) is 4.98 Å². The molecule has 1 fully saturated rings. The van der Waals surface area contributed by atoms with Crippen LogP contribution in [0.3, 0.4) is 0 Å². The van der Waals surface area contributed by atoms with E-state index in [1.807, 2.05) is 20.8 Å². The highest BCUT2D eigenvalue weighted by Crippen LogP contribution is 2.24. The third-order valence-electron chi connectivity index (χ3n) is 4.98. The molecule has 1 amide bonds. The summed E-state index contributed by atoms with van der Waals surface area (Å²) in [6.07, 6.45) is 0.468. The van der Waals surface area contributed by atoms with Crippen LogP contribution < -0.4 is 5.56 Å². The molecule has 29 heavy (non-hydrogen) atoms. The van der Waals surface area contributed by atoms with Crippen molar-refractivity contribution >= 4 is 50.0 Å². The van der Waals surface area contributed by atoms with Gasteiger partial charge < -0.3 is 4.90 Å². The lowest BCUT2D eigenvalue weighted by atomic mass is 10.2. The number of rotatable bonds is 6. The second-order valence-corrected chi connectivity index (χ2v) is 11.0. The fourth-order valence-corrected chi connectivity index (χ4v) is 6.49. The molecule has 1 atom stereocenters. The maximum atomic E-state index is 12.9. The number of carbonyl (C=O) groups excluding carboxylic acids is 1. The first-order valence-electron chi connectivity index (χ1n) is 9.47. The first-order chi connectivity index (χ1) is 13.6. The molecule has 0 bridgehead atoms. The van der Waals surface area contributed by atoms with Gasteiger partial charge in [-0.2, -0.15) is 0 Å². The third-order valence-corrected chi connectivity index (χ3v) is 7.91. The van der Waals surface area contributed by atoms with Gasteiger partial charge >= 0.3 is 0 Å². The van der Waals surface area contributed by atoms with Crippen molar-refractivity contribution in [2.45, 2.75) is 44.4 Å². The summed E-state index contributed by atoms with van der Waals surface area (Å²) in [6, 6.07) is 4.54. The highest BCUT2D eigenvalue weighted by molar-refractivity contribution is 7.99. The van der Waals surface area contributed by atoms with Gasteiger partial charge in [0.2, 0.25) is 5.91 Å². The number of benzene rings is 1. The number of carbonyl (C=O) groups is 1. The second-order valence-electron chi connectivity index (χ2n) is 7.35. The molecular formula is C19H24ClN3O4S2. The van der Waals surface area contributed by atoms with Gasteiger partial charge in [0.05, 0.1) is 28.2 Å². The highest BCUT2D eigenvalue weighted by atomic mass is 35.5. The molecule has 2 heterocycles. The number of aromatic nitrogens is 2. The van der Waals surface area contributed by atoms with E-state index in [0.717, 1.165) is 0 Å². The van der Waals surface area contributed by atoms with Gasteiger partial charge in [0.15, 0.2) is 15.0 Å². The summed E-state index contributed by atoms with van der Waals surface area (Å²) in [7, 11) is -3.07. The van der Waals surface area contributed by atoms with Crippen LogP contribution in [0.15, 0.2) is 28.2 Å². The summed E-state index contributed by atoms with van der Waals surface area (Å²) in [5, 5.41) is 1.41. The Kier molecular flexibility index (Phi) is 6.60. The Morgan fingerprint density at radius 1 is 1.41 bits per heavy atom. The van der Waals surface area contributed by atoms with Crippen LogP contribution >= 0.6 is 23.4 Å². The van der Waals surface area contributed by atoms with Crippen LogP contribution in [0.1, 0.15) is 33.2 Å². The van der Waals surface area contributed by atoms with Crippen LogP contribution in [-0.2, 0) is 14.6 Å². The van der Waals surface area contributed by atoms with Crippen molar-refractivity contribution in [1.29, 1.82) is 0 Å². The number of halogens is 1. The number of sulfone groups is 1. The van der Waals surface area contributed by atoms with Gasteiger partial charge in [-0.1, -0.05) is 23.4 Å². The normalized spacial score (nSPS) is 18.4. The summed E-state index contributed by atoms with van der Waals surface area (Å²) >= 11 is 7.23. The first kappa shape index (κ1) is 22.1. The maximum absolute atomic E-state index is 12.9. The summed E-state index contributed by atoms with van der Waals surface area (Å²) in [5.41, 5.74) is 0.314. The van der Waals surface area contributed by atoms with Crippen molar-refractivity contribution in [2.24, 2.45) is 0 Å². The van der Waals surface area contributed by atoms with Gasteiger partial charge in [-0.25, -0.2) is 13.4 Å². The van der Waals surface area contributed by atoms with Gasteiger partial charge in [-0.05, 0) is 45.4 Å². The zero-order chi connectivity index (χ0) is 21.3. The molecular weight excluding hydrogens is 434 g/mol. The summed E-state index contributed by atoms with van der Waals surface area (Å²) in [5.74, 6) is 0.0560. The third kappa shape index (κ3) is 4.78. The van der Waals surface area contributed by atoms with Gasteiger partial charge in [-0.15, -0.1) is 0 Å². The van der Waals surface area contributed by atoms with Crippen molar-refractivity contribution in [3.05, 3.63) is 33.6 Å². The first-order valence-corrected chi connectivity index (χ1v) is 12.7. The molecule has 1 aromatic carbocycles. The van der Waals surface area contributed by atoms with Crippen LogP contribution in [0.4, 0.5) is 0 Å². The fraction of sp³-hybridized carbons (Fsp3) is 0.526. The largest absolute Gasteiger partial charge is 0.338 e. The number of thioether (sulfide) groups is 1. The van der Waals surface area contributed by atoms with E-state index in [9.17, 15) is 18.0 Å². The standard InChI is InChI=1S/C19H24ClN3O4S2/c1-4-22(14-7-8-29(26,27)11-14)17(24)10-28-19-21-16-9-13(20)5-6-15(16)18(25)23(19)12(2)3/h5-6,9,12,14H,4,7-8,10-11H2,1-3H3. The fourth-order valence-electron chi connectivity index (χ4n) is 3.58. The molecule has 7 nitrogen and oxygen atoms in total. The van der Waals surface area contributed by atoms with Crippen molar-refractivity contribution in [1.82, 2.24) is 14.5 Å². The molecule has 158 valence electrons. The number of amides is 1. The molecule has 1 aliphatic heterocycles. The Morgan fingerprint density at radius 3 is 2.72 bits per heavy atom. The molecule has 3 rings (SSSR count). The average molecular weight is 458 g/mol. The van der Waals surface area contributed by atoms with E-state index >= 15 is 0 Å². The lowest BCUT2D eigenvalue weighted by Crippen LogP contribution is -2.42. The number of fused-ring (bicyclic) bond motifs is 1. The van der Waals surface area contributed by atoms with Crippen molar-refractivity contribution in [3.63, 3.8) is 0 Å². The van der Waals surface area contributed by atoms with E-state index < -0.39 is 9.84 Å². The van der Waals surface area contributed by atoms with E-state index in [4.69, 9.17) is 11.6 Å². The van der Waals surface area contributed by atoms with Crippen LogP contribution in [-0.4, -0.2) is 58.6 Å². The number of hydrogen-bond donors (Lipinski definition) is 0. The number of hydrogen-bond acceptors (Lipinski definition) is 6. The van der Waals surface area contributed by atoms with E-state index in [1.54, 1.807) is 27.7 Å². The van der Waals surface area contributed by atoms with Crippen molar-refractivity contribution in [2.75, 3.05) is 23.8 Å². The summed E-state index contributed by atoms with van der Waals surface area (Å²) < 4.78 is 25.1. The van der Waals surface area contributed by atoms with Gasteiger partial charge in [0.1, 0.15) is 0 Å². The zero-order valence-corrected chi connectivity index (χ0v) is 19.0.